The highest BCUT2D eigenvalue weighted by atomic mass is 35.7. The predicted molar refractivity (Wildman–Crippen MR) is 86.8 cm³/mol. The van der Waals surface area contributed by atoms with Crippen molar-refractivity contribution in [2.24, 2.45) is 0 Å². The summed E-state index contributed by atoms with van der Waals surface area (Å²) in [6.45, 7) is 7.93. The zero-order valence-electron chi connectivity index (χ0n) is 13.4. The highest BCUT2D eigenvalue weighted by molar-refractivity contribution is 8.13. The van der Waals surface area contributed by atoms with E-state index in [1.54, 1.807) is 0 Å². The summed E-state index contributed by atoms with van der Waals surface area (Å²) in [4.78, 5) is 2.61. The number of hydrogen-bond acceptors (Lipinski definition) is 4. The number of nitrogens with zero attached hydrogens (tertiary/aromatic N) is 2. The van der Waals surface area contributed by atoms with Crippen LogP contribution < -0.4 is 0 Å². The van der Waals surface area contributed by atoms with E-state index < -0.39 is 9.05 Å². The summed E-state index contributed by atoms with van der Waals surface area (Å²) in [5.74, 6) is 0.345. The largest absolute Gasteiger partial charge is 0.314 e. The molecule has 0 atom stereocenters. The monoisotopic (exact) mass is 359 g/mol. The smallest absolute Gasteiger partial charge is 0.296 e. The zero-order valence-corrected chi connectivity index (χ0v) is 15.0. The Labute approximate surface area is 139 Å². The third kappa shape index (κ3) is 4.09. The van der Waals surface area contributed by atoms with Crippen molar-refractivity contribution in [3.63, 3.8) is 0 Å². The molecule has 0 aliphatic heterocycles. The molecule has 0 saturated carbocycles. The first-order valence-corrected chi connectivity index (χ1v) is 9.59. The fourth-order valence-corrected chi connectivity index (χ4v) is 3.14. The number of nitrogens with one attached hydrogen (secondary N) is 1. The van der Waals surface area contributed by atoms with Crippen molar-refractivity contribution in [2.45, 2.75) is 51.1 Å². The molecule has 0 bridgehead atoms. The van der Waals surface area contributed by atoms with Gasteiger partial charge in [0.1, 0.15) is 11.6 Å². The minimum atomic E-state index is -3.95. The maximum Gasteiger partial charge on any atom is 0.296 e. The van der Waals surface area contributed by atoms with Crippen molar-refractivity contribution in [2.75, 3.05) is 0 Å². The minimum absolute atomic E-state index is 0.123. The second-order valence-electron chi connectivity index (χ2n) is 6.06. The van der Waals surface area contributed by atoms with Crippen LogP contribution in [0.4, 0.5) is 4.39 Å². The fourth-order valence-electron chi connectivity index (χ4n) is 2.55. The third-order valence-electron chi connectivity index (χ3n) is 3.62. The van der Waals surface area contributed by atoms with Gasteiger partial charge in [0.25, 0.3) is 14.2 Å². The van der Waals surface area contributed by atoms with Crippen molar-refractivity contribution in [3.8, 4) is 0 Å². The van der Waals surface area contributed by atoms with E-state index in [0.717, 1.165) is 16.7 Å². The number of hydrogen-bond donors (Lipinski definition) is 1. The van der Waals surface area contributed by atoms with E-state index in [4.69, 9.17) is 10.7 Å². The van der Waals surface area contributed by atoms with Crippen molar-refractivity contribution in [1.82, 2.24) is 15.2 Å². The summed E-state index contributed by atoms with van der Waals surface area (Å²) in [5.41, 5.74) is 2.69. The molecule has 0 fully saturated rings. The van der Waals surface area contributed by atoms with E-state index in [1.165, 1.54) is 12.1 Å². The Kier molecular flexibility index (Phi) is 5.10. The van der Waals surface area contributed by atoms with E-state index in [9.17, 15) is 12.8 Å². The van der Waals surface area contributed by atoms with Crippen LogP contribution in [0.5, 0.6) is 0 Å². The van der Waals surface area contributed by atoms with Crippen LogP contribution in [0.2, 0.25) is 0 Å². The summed E-state index contributed by atoms with van der Waals surface area (Å²) in [7, 11) is 1.30. The van der Waals surface area contributed by atoms with Crippen LogP contribution in [0.15, 0.2) is 17.3 Å². The first kappa shape index (κ1) is 17.9. The SMILES string of the molecule is CC(C)c1cc(F)cc(C(C)C)c1Cc1nnc(S(=O)(=O)Cl)[nH]1. The number of rotatable bonds is 5. The molecular weight excluding hydrogens is 341 g/mol. The molecule has 5 nitrogen and oxygen atoms in total. The third-order valence-corrected chi connectivity index (χ3v) is 4.70. The van der Waals surface area contributed by atoms with E-state index >= 15 is 0 Å². The van der Waals surface area contributed by atoms with Crippen LogP contribution in [0, 0.1) is 5.82 Å². The molecule has 23 heavy (non-hydrogen) atoms. The molecule has 0 saturated heterocycles. The van der Waals surface area contributed by atoms with Crippen LogP contribution in [0.25, 0.3) is 0 Å². The Morgan fingerprint density at radius 2 is 1.65 bits per heavy atom. The van der Waals surface area contributed by atoms with Crippen molar-refractivity contribution >= 4 is 19.7 Å². The normalized spacial score (nSPS) is 12.3. The summed E-state index contributed by atoms with van der Waals surface area (Å²) >= 11 is 0. The van der Waals surface area contributed by atoms with E-state index in [0.29, 0.717) is 12.2 Å². The molecule has 0 aliphatic carbocycles. The van der Waals surface area contributed by atoms with Gasteiger partial charge >= 0.3 is 0 Å². The Balaban J connectivity index is 2.51. The molecule has 0 amide bonds. The van der Waals surface area contributed by atoms with Crippen molar-refractivity contribution in [1.29, 1.82) is 0 Å². The molecular formula is C15H19ClFN3O2S. The van der Waals surface area contributed by atoms with Crippen molar-refractivity contribution in [3.05, 3.63) is 40.5 Å². The molecule has 0 unspecified atom stereocenters. The zero-order chi connectivity index (χ0) is 17.4. The van der Waals surface area contributed by atoms with Crippen LogP contribution in [0.3, 0.4) is 0 Å². The summed E-state index contributed by atoms with van der Waals surface area (Å²) in [5, 5.41) is 7.01. The second kappa shape index (κ2) is 6.57. The van der Waals surface area contributed by atoms with Gasteiger partial charge in [-0.1, -0.05) is 27.7 Å². The standard InChI is InChI=1S/C15H19ClFN3O2S/c1-8(2)11-5-10(17)6-12(9(3)4)13(11)7-14-18-15(20-19-14)23(16,21)22/h5-6,8-9H,7H2,1-4H3,(H,18,19,20). The Morgan fingerprint density at radius 1 is 1.13 bits per heavy atom. The van der Waals surface area contributed by atoms with Gasteiger partial charge in [0, 0.05) is 17.1 Å². The van der Waals surface area contributed by atoms with Crippen LogP contribution in [-0.2, 0) is 15.5 Å². The van der Waals surface area contributed by atoms with Gasteiger partial charge in [0.15, 0.2) is 0 Å². The number of H-pyrrole nitrogens is 1. The molecule has 126 valence electrons. The molecule has 8 heteroatoms. The van der Waals surface area contributed by atoms with Crippen LogP contribution >= 0.6 is 10.7 Å². The summed E-state index contributed by atoms with van der Waals surface area (Å²) in [6, 6.07) is 3.03. The quantitative estimate of drug-likeness (QED) is 0.825. The average molecular weight is 360 g/mol. The first-order valence-electron chi connectivity index (χ1n) is 7.28. The Morgan fingerprint density at radius 3 is 2.04 bits per heavy atom. The van der Waals surface area contributed by atoms with E-state index in [1.807, 2.05) is 27.7 Å². The molecule has 0 radical (unpaired) electrons. The molecule has 2 rings (SSSR count). The minimum Gasteiger partial charge on any atom is -0.314 e. The number of benzene rings is 1. The number of halogens is 2. The molecule has 0 aliphatic rings. The first-order chi connectivity index (χ1) is 10.6. The van der Waals surface area contributed by atoms with Gasteiger partial charge in [-0.05, 0) is 40.7 Å². The molecule has 1 aromatic heterocycles. The lowest BCUT2D eigenvalue weighted by Gasteiger charge is -2.19. The van der Waals surface area contributed by atoms with Gasteiger partial charge in [-0.3, -0.25) is 0 Å². The molecule has 1 N–H and O–H groups in total. The van der Waals surface area contributed by atoms with Gasteiger partial charge < -0.3 is 4.98 Å². The predicted octanol–water partition coefficient (Wildman–Crippen LogP) is 3.71. The number of aromatic amines is 1. The maximum absolute atomic E-state index is 13.9. The highest BCUT2D eigenvalue weighted by Gasteiger charge is 2.20. The van der Waals surface area contributed by atoms with Crippen molar-refractivity contribution < 1.29 is 12.8 Å². The highest BCUT2D eigenvalue weighted by Crippen LogP contribution is 2.30. The summed E-state index contributed by atoms with van der Waals surface area (Å²) < 4.78 is 36.4. The van der Waals surface area contributed by atoms with Crippen LogP contribution in [0.1, 0.15) is 62.0 Å². The van der Waals surface area contributed by atoms with Gasteiger partial charge in [0.2, 0.25) is 0 Å². The Hall–Kier alpha value is -1.47. The lowest BCUT2D eigenvalue weighted by Crippen LogP contribution is -2.07. The lowest BCUT2D eigenvalue weighted by molar-refractivity contribution is 0.601. The second-order valence-corrected chi connectivity index (χ2v) is 8.54. The Bertz CT molecular complexity index is 787. The maximum atomic E-state index is 13.9. The van der Waals surface area contributed by atoms with E-state index in [-0.39, 0.29) is 22.8 Å². The average Bonchev–Trinajstić information content (AvgIpc) is 2.88. The molecule has 1 heterocycles. The topological polar surface area (TPSA) is 75.7 Å². The van der Waals surface area contributed by atoms with Crippen LogP contribution in [-0.4, -0.2) is 23.6 Å². The van der Waals surface area contributed by atoms with Gasteiger partial charge in [-0.25, -0.2) is 12.8 Å². The summed E-state index contributed by atoms with van der Waals surface area (Å²) in [6.07, 6.45) is 0.334. The molecule has 2 aromatic rings. The molecule has 1 aromatic carbocycles. The van der Waals surface area contributed by atoms with Gasteiger partial charge in [-0.2, -0.15) is 0 Å². The van der Waals surface area contributed by atoms with Gasteiger partial charge in [0.05, 0.1) is 0 Å². The lowest BCUT2D eigenvalue weighted by atomic mass is 9.87. The fraction of sp³-hybridized carbons (Fsp3) is 0.467. The number of aromatic nitrogens is 3. The van der Waals surface area contributed by atoms with E-state index in [2.05, 4.69) is 15.2 Å². The molecule has 0 spiro atoms. The van der Waals surface area contributed by atoms with Gasteiger partial charge in [-0.15, -0.1) is 10.2 Å².